The third kappa shape index (κ3) is 6.22. The van der Waals surface area contributed by atoms with Crippen LogP contribution in [-0.4, -0.2) is 56.2 Å². The molecule has 1 saturated carbocycles. The topological polar surface area (TPSA) is 15.7 Å². The van der Waals surface area contributed by atoms with Crippen LogP contribution in [0.15, 0.2) is 24.3 Å². The van der Waals surface area contributed by atoms with Gasteiger partial charge in [0.15, 0.2) is 0 Å². The molecule has 2 atom stereocenters. The zero-order chi connectivity index (χ0) is 19.2. The van der Waals surface area contributed by atoms with Gasteiger partial charge in [-0.25, -0.2) is 0 Å². The zero-order valence-electron chi connectivity index (χ0n) is 18.0. The molecule has 27 heavy (non-hydrogen) atoms. The molecule has 0 N–H and O–H groups in total. The van der Waals surface area contributed by atoms with Crippen LogP contribution < -0.4 is 4.74 Å². The van der Waals surface area contributed by atoms with E-state index in [1.807, 2.05) is 0 Å². The molecule has 2 fully saturated rings. The molecule has 0 bridgehead atoms. The molecule has 1 aliphatic heterocycles. The van der Waals surface area contributed by atoms with Crippen molar-refractivity contribution in [3.8, 4) is 5.75 Å². The number of likely N-dealkylation sites (tertiary alicyclic amines) is 1. The Morgan fingerprint density at radius 2 is 1.59 bits per heavy atom. The van der Waals surface area contributed by atoms with E-state index in [0.717, 1.165) is 42.6 Å². The van der Waals surface area contributed by atoms with Crippen molar-refractivity contribution in [1.82, 2.24) is 9.80 Å². The first-order valence-electron chi connectivity index (χ1n) is 11.1. The second-order valence-electron chi connectivity index (χ2n) is 9.45. The van der Waals surface area contributed by atoms with Crippen molar-refractivity contribution in [2.24, 2.45) is 11.8 Å². The van der Waals surface area contributed by atoms with Gasteiger partial charge in [0, 0.05) is 25.7 Å². The van der Waals surface area contributed by atoms with E-state index in [9.17, 15) is 0 Å². The van der Waals surface area contributed by atoms with Crippen molar-refractivity contribution in [3.05, 3.63) is 29.8 Å². The van der Waals surface area contributed by atoms with Crippen molar-refractivity contribution < 1.29 is 4.74 Å². The highest BCUT2D eigenvalue weighted by Crippen LogP contribution is 2.34. The monoisotopic (exact) mass is 372 g/mol. The highest BCUT2D eigenvalue weighted by Gasteiger charge is 2.23. The maximum atomic E-state index is 6.01. The molecule has 2 aliphatic rings. The molecular weight excluding hydrogens is 332 g/mol. The molecule has 1 heterocycles. The average molecular weight is 373 g/mol. The highest BCUT2D eigenvalue weighted by molar-refractivity contribution is 5.29. The molecule has 3 heteroatoms. The summed E-state index contributed by atoms with van der Waals surface area (Å²) < 4.78 is 6.01. The first-order valence-corrected chi connectivity index (χ1v) is 11.1. The summed E-state index contributed by atoms with van der Waals surface area (Å²) in [5.41, 5.74) is 1.50. The number of hydrogen-bond acceptors (Lipinski definition) is 3. The maximum absolute atomic E-state index is 6.01. The summed E-state index contributed by atoms with van der Waals surface area (Å²) in [6.07, 6.45) is 7.78. The van der Waals surface area contributed by atoms with Crippen molar-refractivity contribution >= 4 is 0 Å². The Morgan fingerprint density at radius 1 is 0.963 bits per heavy atom. The molecular formula is C24H40N2O. The fourth-order valence-electron chi connectivity index (χ4n) is 5.21. The lowest BCUT2D eigenvalue weighted by Gasteiger charge is -2.34. The Hall–Kier alpha value is -1.06. The molecule has 152 valence electrons. The fourth-order valence-corrected chi connectivity index (χ4v) is 5.21. The lowest BCUT2D eigenvalue weighted by molar-refractivity contribution is 0.132. The van der Waals surface area contributed by atoms with Crippen LogP contribution in [0.5, 0.6) is 5.75 Å². The van der Waals surface area contributed by atoms with Gasteiger partial charge in [0.05, 0.1) is 6.61 Å². The van der Waals surface area contributed by atoms with Crippen LogP contribution in [0, 0.1) is 11.8 Å². The van der Waals surface area contributed by atoms with Gasteiger partial charge in [0.25, 0.3) is 0 Å². The van der Waals surface area contributed by atoms with Crippen molar-refractivity contribution in [2.75, 3.05) is 40.3 Å². The minimum atomic E-state index is 0.735. The third-order valence-electron chi connectivity index (χ3n) is 6.61. The summed E-state index contributed by atoms with van der Waals surface area (Å²) >= 11 is 0. The zero-order valence-corrected chi connectivity index (χ0v) is 18.0. The second kappa shape index (κ2) is 9.93. The minimum absolute atomic E-state index is 0.735. The number of benzene rings is 1. The molecule has 3 rings (SSSR count). The van der Waals surface area contributed by atoms with Crippen molar-refractivity contribution in [3.63, 3.8) is 0 Å². The molecule has 1 saturated heterocycles. The van der Waals surface area contributed by atoms with E-state index in [4.69, 9.17) is 4.74 Å². The Morgan fingerprint density at radius 3 is 2.19 bits per heavy atom. The summed E-state index contributed by atoms with van der Waals surface area (Å²) in [4.78, 5) is 5.01. The largest absolute Gasteiger partial charge is 0.494 e. The minimum Gasteiger partial charge on any atom is -0.494 e. The van der Waals surface area contributed by atoms with Crippen molar-refractivity contribution in [2.45, 2.75) is 64.3 Å². The molecule has 2 unspecified atom stereocenters. The van der Waals surface area contributed by atoms with E-state index in [-0.39, 0.29) is 0 Å². The van der Waals surface area contributed by atoms with E-state index in [1.54, 1.807) is 0 Å². The molecule has 0 amide bonds. The van der Waals surface area contributed by atoms with Gasteiger partial charge in [0.2, 0.25) is 0 Å². The van der Waals surface area contributed by atoms with Crippen LogP contribution >= 0.6 is 0 Å². The summed E-state index contributed by atoms with van der Waals surface area (Å²) in [5, 5.41) is 0. The number of hydrogen-bond donors (Lipinski definition) is 0. The van der Waals surface area contributed by atoms with Gasteiger partial charge >= 0.3 is 0 Å². The molecule has 0 aromatic heterocycles. The van der Waals surface area contributed by atoms with E-state index >= 15 is 0 Å². The van der Waals surface area contributed by atoms with Gasteiger partial charge in [-0.2, -0.15) is 0 Å². The second-order valence-corrected chi connectivity index (χ2v) is 9.45. The fraction of sp³-hybridized carbons (Fsp3) is 0.750. The highest BCUT2D eigenvalue weighted by atomic mass is 16.5. The van der Waals surface area contributed by atoms with E-state index in [2.05, 4.69) is 62.0 Å². The van der Waals surface area contributed by atoms with E-state index in [1.165, 1.54) is 57.3 Å². The Labute approximate surface area is 167 Å². The summed E-state index contributed by atoms with van der Waals surface area (Å²) in [6, 6.07) is 9.72. The normalized spacial score (nSPS) is 29.8. The molecule has 1 aromatic rings. The standard InChI is InChI=1S/C24H40N2O/c1-19-16-20(2)18-26(17-19)14-5-15-27-24-12-8-22(9-13-24)21-6-10-23(11-7-21)25(3)4/h8-9,12-13,19-21,23H,5-7,10-11,14-18H2,1-4H3. The van der Waals surface area contributed by atoms with Crippen LogP contribution in [0.3, 0.4) is 0 Å². The van der Waals surface area contributed by atoms with Gasteiger partial charge in [-0.1, -0.05) is 26.0 Å². The van der Waals surface area contributed by atoms with E-state index in [0.29, 0.717) is 0 Å². The number of nitrogens with zero attached hydrogens (tertiary/aromatic N) is 2. The average Bonchev–Trinajstić information content (AvgIpc) is 2.65. The van der Waals surface area contributed by atoms with Crippen molar-refractivity contribution in [1.29, 1.82) is 0 Å². The van der Waals surface area contributed by atoms with Crippen LogP contribution in [0.1, 0.15) is 63.9 Å². The van der Waals surface area contributed by atoms with Crippen LogP contribution in [0.4, 0.5) is 0 Å². The Balaban J connectivity index is 1.37. The summed E-state index contributed by atoms with van der Waals surface area (Å²) in [7, 11) is 4.42. The van der Waals surface area contributed by atoms with Gasteiger partial charge in [-0.3, -0.25) is 0 Å². The number of ether oxygens (including phenoxy) is 1. The van der Waals surface area contributed by atoms with Crippen LogP contribution in [0.2, 0.25) is 0 Å². The lowest BCUT2D eigenvalue weighted by atomic mass is 9.81. The van der Waals surface area contributed by atoms with Gasteiger partial charge in [-0.15, -0.1) is 0 Å². The Kier molecular flexibility index (Phi) is 7.60. The first-order chi connectivity index (χ1) is 13.0. The Bertz CT molecular complexity index is 538. The lowest BCUT2D eigenvalue weighted by Crippen LogP contribution is -2.39. The number of piperidine rings is 1. The predicted octanol–water partition coefficient (Wildman–Crippen LogP) is 5.02. The summed E-state index contributed by atoms with van der Waals surface area (Å²) in [5.74, 6) is 3.45. The van der Waals surface area contributed by atoms with Crippen LogP contribution in [0.25, 0.3) is 0 Å². The summed E-state index contributed by atoms with van der Waals surface area (Å²) in [6.45, 7) is 9.28. The maximum Gasteiger partial charge on any atom is 0.119 e. The van der Waals surface area contributed by atoms with Crippen LogP contribution in [-0.2, 0) is 0 Å². The van der Waals surface area contributed by atoms with Gasteiger partial charge in [-0.05, 0) is 88.1 Å². The predicted molar refractivity (Wildman–Crippen MR) is 115 cm³/mol. The smallest absolute Gasteiger partial charge is 0.119 e. The molecule has 0 radical (unpaired) electrons. The number of rotatable bonds is 7. The molecule has 1 aliphatic carbocycles. The third-order valence-corrected chi connectivity index (χ3v) is 6.61. The first kappa shape index (κ1) is 20.7. The quantitative estimate of drug-likeness (QED) is 0.625. The van der Waals surface area contributed by atoms with Gasteiger partial charge < -0.3 is 14.5 Å². The van der Waals surface area contributed by atoms with E-state index < -0.39 is 0 Å². The molecule has 3 nitrogen and oxygen atoms in total. The van der Waals surface area contributed by atoms with Gasteiger partial charge in [0.1, 0.15) is 5.75 Å². The molecule has 1 aromatic carbocycles. The molecule has 0 spiro atoms. The SMILES string of the molecule is CC1CC(C)CN(CCCOc2ccc(C3CCC(N(C)C)CC3)cc2)C1.